The average molecular weight is 315 g/mol. The summed E-state index contributed by atoms with van der Waals surface area (Å²) in [5.74, 6) is -2.26. The molecule has 0 amide bonds. The van der Waals surface area contributed by atoms with Crippen LogP contribution in [0.4, 0.5) is 17.1 Å². The number of benzene rings is 2. The Hall–Kier alpha value is -3.13. The van der Waals surface area contributed by atoms with E-state index in [2.05, 4.69) is 10.2 Å². The zero-order chi connectivity index (χ0) is 16.8. The maximum Gasteiger partial charge on any atom is 0.313 e. The lowest BCUT2D eigenvalue weighted by Crippen LogP contribution is -2.15. The number of hydrogen-bond acceptors (Lipinski definition) is 6. The minimum absolute atomic E-state index is 0.0597. The second-order valence-corrected chi connectivity index (χ2v) is 4.61. The third-order valence-corrected chi connectivity index (χ3v) is 3.13. The molecule has 8 nitrogen and oxygen atoms in total. The Morgan fingerprint density at radius 3 is 2.35 bits per heavy atom. The summed E-state index contributed by atoms with van der Waals surface area (Å²) in [7, 11) is 0. The Kier molecular flexibility index (Phi) is 5.11. The predicted molar refractivity (Wildman–Crippen MR) is 81.2 cm³/mol. The third kappa shape index (κ3) is 3.95. The van der Waals surface area contributed by atoms with E-state index in [0.717, 1.165) is 0 Å². The number of aliphatic hydroxyl groups is 1. The van der Waals surface area contributed by atoms with Crippen LogP contribution in [-0.2, 0) is 4.79 Å². The summed E-state index contributed by atoms with van der Waals surface area (Å²) in [6, 6.07) is 11.9. The molecule has 2 aromatic carbocycles. The number of rotatable bonds is 6. The Morgan fingerprint density at radius 1 is 1.13 bits per heavy atom. The minimum atomic E-state index is -1.16. The highest BCUT2D eigenvalue weighted by molar-refractivity contribution is 5.78. The van der Waals surface area contributed by atoms with Gasteiger partial charge in [0.05, 0.1) is 22.9 Å². The van der Waals surface area contributed by atoms with Gasteiger partial charge in [-0.1, -0.05) is 18.2 Å². The van der Waals surface area contributed by atoms with Gasteiger partial charge in [0, 0.05) is 12.1 Å². The van der Waals surface area contributed by atoms with Crippen molar-refractivity contribution >= 4 is 23.0 Å². The normalized spacial score (nSPS) is 12.2. The molecule has 0 aromatic heterocycles. The average Bonchev–Trinajstić information content (AvgIpc) is 2.54. The van der Waals surface area contributed by atoms with Crippen molar-refractivity contribution in [2.24, 2.45) is 10.2 Å². The molecule has 0 radical (unpaired) electrons. The van der Waals surface area contributed by atoms with Crippen molar-refractivity contribution in [1.29, 1.82) is 0 Å². The van der Waals surface area contributed by atoms with Crippen LogP contribution >= 0.6 is 0 Å². The lowest BCUT2D eigenvalue weighted by Gasteiger charge is -2.11. The molecular weight excluding hydrogens is 302 g/mol. The predicted octanol–water partition coefficient (Wildman–Crippen LogP) is 3.17. The van der Waals surface area contributed by atoms with Crippen LogP contribution in [0, 0.1) is 10.1 Å². The number of carboxylic acid groups (broad SMARTS) is 1. The zero-order valence-corrected chi connectivity index (χ0v) is 11.9. The SMILES string of the molecule is O=C(O)C(CO)c1ccccc1N=Nc1ccc([N+](=O)[O-])cc1. The van der Waals surface area contributed by atoms with E-state index < -0.39 is 23.4 Å². The Bertz CT molecular complexity index is 743. The van der Waals surface area contributed by atoms with Crippen LogP contribution in [0.2, 0.25) is 0 Å². The molecule has 0 saturated carbocycles. The van der Waals surface area contributed by atoms with Gasteiger partial charge in [-0.25, -0.2) is 0 Å². The van der Waals surface area contributed by atoms with Crippen LogP contribution in [0.3, 0.4) is 0 Å². The van der Waals surface area contributed by atoms with Crippen LogP contribution in [0.15, 0.2) is 58.8 Å². The molecule has 0 heterocycles. The van der Waals surface area contributed by atoms with Crippen LogP contribution in [0.25, 0.3) is 0 Å². The smallest absolute Gasteiger partial charge is 0.313 e. The quantitative estimate of drug-likeness (QED) is 0.481. The molecule has 0 fully saturated rings. The van der Waals surface area contributed by atoms with E-state index in [0.29, 0.717) is 16.9 Å². The highest BCUT2D eigenvalue weighted by Crippen LogP contribution is 2.29. The van der Waals surface area contributed by atoms with Gasteiger partial charge in [0.15, 0.2) is 0 Å². The van der Waals surface area contributed by atoms with Gasteiger partial charge in [-0.2, -0.15) is 10.2 Å². The number of aliphatic hydroxyl groups excluding tert-OH is 1. The number of azo groups is 1. The number of nitro benzene ring substituents is 1. The molecule has 0 spiro atoms. The van der Waals surface area contributed by atoms with Gasteiger partial charge >= 0.3 is 5.97 Å². The topological polar surface area (TPSA) is 125 Å². The first-order chi connectivity index (χ1) is 11.0. The van der Waals surface area contributed by atoms with Gasteiger partial charge in [0.2, 0.25) is 0 Å². The van der Waals surface area contributed by atoms with E-state index in [1.807, 2.05) is 0 Å². The monoisotopic (exact) mass is 315 g/mol. The number of carbonyl (C=O) groups is 1. The second-order valence-electron chi connectivity index (χ2n) is 4.61. The van der Waals surface area contributed by atoms with Crippen molar-refractivity contribution in [3.63, 3.8) is 0 Å². The Morgan fingerprint density at radius 2 is 1.78 bits per heavy atom. The summed E-state index contributed by atoms with van der Waals surface area (Å²) >= 11 is 0. The fourth-order valence-electron chi connectivity index (χ4n) is 1.94. The number of nitro groups is 1. The molecule has 0 aliphatic heterocycles. The van der Waals surface area contributed by atoms with Crippen LogP contribution < -0.4 is 0 Å². The molecule has 1 unspecified atom stereocenters. The summed E-state index contributed by atoms with van der Waals surface area (Å²) in [5.41, 5.74) is 0.984. The van der Waals surface area contributed by atoms with Gasteiger partial charge in [0.25, 0.3) is 5.69 Å². The molecule has 0 aliphatic rings. The van der Waals surface area contributed by atoms with Crippen LogP contribution in [0.5, 0.6) is 0 Å². The second kappa shape index (κ2) is 7.23. The fraction of sp³-hybridized carbons (Fsp3) is 0.133. The Balaban J connectivity index is 2.29. The summed E-state index contributed by atoms with van der Waals surface area (Å²) in [6.45, 7) is -0.556. The van der Waals surface area contributed by atoms with Gasteiger partial charge in [-0.15, -0.1) is 0 Å². The van der Waals surface area contributed by atoms with Gasteiger partial charge in [0.1, 0.15) is 5.92 Å². The van der Waals surface area contributed by atoms with Crippen molar-refractivity contribution in [3.8, 4) is 0 Å². The zero-order valence-electron chi connectivity index (χ0n) is 11.9. The summed E-state index contributed by atoms with van der Waals surface area (Å²) in [5, 5.41) is 36.9. The number of hydrogen-bond donors (Lipinski definition) is 2. The van der Waals surface area contributed by atoms with E-state index in [4.69, 9.17) is 5.11 Å². The van der Waals surface area contributed by atoms with Crippen molar-refractivity contribution in [1.82, 2.24) is 0 Å². The van der Waals surface area contributed by atoms with Crippen molar-refractivity contribution in [2.75, 3.05) is 6.61 Å². The summed E-state index contributed by atoms with van der Waals surface area (Å²) in [4.78, 5) is 21.2. The molecule has 2 aromatic rings. The molecule has 118 valence electrons. The van der Waals surface area contributed by atoms with E-state index in [1.54, 1.807) is 24.3 Å². The van der Waals surface area contributed by atoms with Crippen LogP contribution in [0.1, 0.15) is 11.5 Å². The largest absolute Gasteiger partial charge is 0.481 e. The van der Waals surface area contributed by atoms with Crippen molar-refractivity contribution < 1.29 is 19.9 Å². The first-order valence-electron chi connectivity index (χ1n) is 6.61. The maximum atomic E-state index is 11.2. The molecular formula is C15H13N3O5. The molecule has 8 heteroatoms. The summed E-state index contributed by atoms with van der Waals surface area (Å²) < 4.78 is 0. The maximum absolute atomic E-state index is 11.2. The standard InChI is InChI=1S/C15H13N3O5/c19-9-13(15(20)21)12-3-1-2-4-14(12)17-16-10-5-7-11(8-6-10)18(22)23/h1-8,13,19H,9H2,(H,20,21). The fourth-order valence-corrected chi connectivity index (χ4v) is 1.94. The number of nitrogens with zero attached hydrogens (tertiary/aromatic N) is 3. The van der Waals surface area contributed by atoms with Crippen molar-refractivity contribution in [2.45, 2.75) is 5.92 Å². The van der Waals surface area contributed by atoms with Gasteiger partial charge in [-0.3, -0.25) is 14.9 Å². The van der Waals surface area contributed by atoms with Gasteiger partial charge < -0.3 is 10.2 Å². The van der Waals surface area contributed by atoms with E-state index in [9.17, 15) is 20.0 Å². The van der Waals surface area contributed by atoms with E-state index in [-0.39, 0.29) is 5.69 Å². The minimum Gasteiger partial charge on any atom is -0.481 e. The molecule has 0 aliphatic carbocycles. The van der Waals surface area contributed by atoms with E-state index >= 15 is 0 Å². The first kappa shape index (κ1) is 16.2. The first-order valence-corrected chi connectivity index (χ1v) is 6.61. The highest BCUT2D eigenvalue weighted by Gasteiger charge is 2.21. The number of aliphatic carboxylic acids is 1. The van der Waals surface area contributed by atoms with Gasteiger partial charge in [-0.05, 0) is 23.8 Å². The number of carboxylic acids is 1. The highest BCUT2D eigenvalue weighted by atomic mass is 16.6. The molecule has 0 saturated heterocycles. The molecule has 2 N–H and O–H groups in total. The van der Waals surface area contributed by atoms with Crippen LogP contribution in [-0.4, -0.2) is 27.7 Å². The lowest BCUT2D eigenvalue weighted by molar-refractivity contribution is -0.384. The Labute approximate surface area is 130 Å². The molecule has 1 atom stereocenters. The van der Waals surface area contributed by atoms with E-state index in [1.165, 1.54) is 24.3 Å². The number of non-ortho nitro benzene ring substituents is 1. The van der Waals surface area contributed by atoms with Crippen molar-refractivity contribution in [3.05, 3.63) is 64.2 Å². The third-order valence-electron chi connectivity index (χ3n) is 3.13. The summed E-state index contributed by atoms with van der Waals surface area (Å²) in [6.07, 6.45) is 0. The molecule has 2 rings (SSSR count). The molecule has 23 heavy (non-hydrogen) atoms. The molecule has 0 bridgehead atoms. The lowest BCUT2D eigenvalue weighted by atomic mass is 9.98.